The molecule has 1 aliphatic rings. The van der Waals surface area contributed by atoms with Gasteiger partial charge in [-0.2, -0.15) is 0 Å². The van der Waals surface area contributed by atoms with Gasteiger partial charge in [-0.3, -0.25) is 20.2 Å². The first kappa shape index (κ1) is 17.9. The van der Waals surface area contributed by atoms with E-state index in [-0.39, 0.29) is 0 Å². The molecule has 2 rings (SSSR count). The van der Waals surface area contributed by atoms with Crippen LogP contribution in [0.15, 0.2) is 18.2 Å². The highest BCUT2D eigenvalue weighted by Gasteiger charge is 2.48. The van der Waals surface area contributed by atoms with E-state index in [0.29, 0.717) is 0 Å². The number of nitrogens with zero attached hydrogens (tertiary/aromatic N) is 2. The van der Waals surface area contributed by atoms with Crippen LogP contribution in [-0.2, 0) is 4.74 Å². The zero-order valence-corrected chi connectivity index (χ0v) is 11.9. The monoisotopic (exact) mass is 348 g/mol. The van der Waals surface area contributed by atoms with Crippen molar-refractivity contribution in [2.24, 2.45) is 0 Å². The fourth-order valence-corrected chi connectivity index (χ4v) is 2.24. The van der Waals surface area contributed by atoms with E-state index in [0.717, 1.165) is 18.2 Å². The van der Waals surface area contributed by atoms with Crippen molar-refractivity contribution >= 4 is 11.4 Å². The third-order valence-corrected chi connectivity index (χ3v) is 3.39. The molecular formula is C12H13FN2O9. The number of rotatable bonds is 6. The molecule has 24 heavy (non-hydrogen) atoms. The number of para-hydroxylation sites is 1. The van der Waals surface area contributed by atoms with Crippen molar-refractivity contribution in [2.75, 3.05) is 6.67 Å². The van der Waals surface area contributed by atoms with Crippen molar-refractivity contribution in [1.29, 1.82) is 0 Å². The van der Waals surface area contributed by atoms with E-state index in [1.54, 1.807) is 0 Å². The second-order valence-electron chi connectivity index (χ2n) is 4.93. The molecule has 1 heterocycles. The van der Waals surface area contributed by atoms with Gasteiger partial charge >= 0.3 is 11.4 Å². The van der Waals surface area contributed by atoms with Gasteiger partial charge in [0.05, 0.1) is 9.85 Å². The number of aliphatic hydroxyl groups excluding tert-OH is 3. The summed E-state index contributed by atoms with van der Waals surface area (Å²) in [5.74, 6) is -0.583. The van der Waals surface area contributed by atoms with Gasteiger partial charge in [-0.25, -0.2) is 4.39 Å². The molecule has 12 heteroatoms. The molecule has 0 amide bonds. The fourth-order valence-electron chi connectivity index (χ4n) is 2.24. The van der Waals surface area contributed by atoms with E-state index in [1.807, 2.05) is 0 Å². The normalized spacial score (nSPS) is 27.7. The fraction of sp³-hybridized carbons (Fsp3) is 0.500. The van der Waals surface area contributed by atoms with Crippen LogP contribution in [0.4, 0.5) is 15.8 Å². The minimum absolute atomic E-state index is 0.583. The maximum Gasteiger partial charge on any atom is 0.387 e. The maximum absolute atomic E-state index is 12.5. The minimum atomic E-state index is -1.75. The first-order valence-electron chi connectivity index (χ1n) is 6.62. The Morgan fingerprint density at radius 3 is 2.46 bits per heavy atom. The van der Waals surface area contributed by atoms with Crippen LogP contribution in [-0.4, -0.2) is 62.5 Å². The van der Waals surface area contributed by atoms with E-state index in [2.05, 4.69) is 0 Å². The lowest BCUT2D eigenvalue weighted by Crippen LogP contribution is -2.40. The number of hydrogen-bond donors (Lipinski definition) is 3. The van der Waals surface area contributed by atoms with E-state index < -0.39 is 64.4 Å². The standard InChI is InChI=1S/C12H13FN2O9/c13-4-6(16)11-9(17)10(18)12(24-11)23-7-3-1-2-5(14(19)20)8(7)15(21)22/h1-3,6,9-12,16-18H,4H2/t6-,9-,10-,11+,12-/m1/s1. The molecule has 5 atom stereocenters. The lowest BCUT2D eigenvalue weighted by molar-refractivity contribution is -0.423. The van der Waals surface area contributed by atoms with Gasteiger partial charge in [0.2, 0.25) is 12.0 Å². The third kappa shape index (κ3) is 3.26. The Morgan fingerprint density at radius 1 is 1.25 bits per heavy atom. The van der Waals surface area contributed by atoms with Crippen molar-refractivity contribution in [1.82, 2.24) is 0 Å². The van der Waals surface area contributed by atoms with Crippen LogP contribution in [0, 0.1) is 20.2 Å². The molecule has 1 aromatic rings. The van der Waals surface area contributed by atoms with Gasteiger partial charge in [0, 0.05) is 6.07 Å². The molecule has 0 spiro atoms. The van der Waals surface area contributed by atoms with Crippen LogP contribution < -0.4 is 4.74 Å². The summed E-state index contributed by atoms with van der Waals surface area (Å²) in [6.07, 6.45) is -8.42. The van der Waals surface area contributed by atoms with Crippen LogP contribution in [0.25, 0.3) is 0 Å². The molecule has 1 aliphatic heterocycles. The summed E-state index contributed by atoms with van der Waals surface area (Å²) >= 11 is 0. The molecular weight excluding hydrogens is 335 g/mol. The van der Waals surface area contributed by atoms with Crippen molar-refractivity contribution in [2.45, 2.75) is 30.7 Å². The largest absolute Gasteiger partial charge is 0.454 e. The quantitative estimate of drug-likeness (QED) is 0.460. The van der Waals surface area contributed by atoms with Crippen molar-refractivity contribution in [3.05, 3.63) is 38.4 Å². The zero-order valence-electron chi connectivity index (χ0n) is 11.9. The highest BCUT2D eigenvalue weighted by atomic mass is 19.1. The summed E-state index contributed by atoms with van der Waals surface area (Å²) in [4.78, 5) is 19.9. The molecule has 0 unspecified atom stereocenters. The Morgan fingerprint density at radius 2 is 1.92 bits per heavy atom. The van der Waals surface area contributed by atoms with Crippen molar-refractivity contribution in [3.8, 4) is 5.75 Å². The number of benzene rings is 1. The molecule has 0 bridgehead atoms. The van der Waals surface area contributed by atoms with Crippen LogP contribution >= 0.6 is 0 Å². The first-order chi connectivity index (χ1) is 11.3. The first-order valence-corrected chi connectivity index (χ1v) is 6.62. The highest BCUT2D eigenvalue weighted by Crippen LogP contribution is 2.38. The molecule has 1 fully saturated rings. The summed E-state index contributed by atoms with van der Waals surface area (Å²) in [5.41, 5.74) is -1.81. The van der Waals surface area contributed by atoms with E-state index in [9.17, 15) is 39.9 Å². The topological polar surface area (TPSA) is 165 Å². The summed E-state index contributed by atoms with van der Waals surface area (Å²) in [6.45, 7) is -1.27. The summed E-state index contributed by atoms with van der Waals surface area (Å²) in [7, 11) is 0. The molecule has 3 N–H and O–H groups in total. The van der Waals surface area contributed by atoms with Crippen LogP contribution in [0.5, 0.6) is 5.75 Å². The van der Waals surface area contributed by atoms with Gasteiger partial charge in [0.15, 0.2) is 0 Å². The van der Waals surface area contributed by atoms with E-state index in [1.165, 1.54) is 0 Å². The number of nitro benzene ring substituents is 2. The molecule has 11 nitrogen and oxygen atoms in total. The molecule has 0 aromatic heterocycles. The minimum Gasteiger partial charge on any atom is -0.454 e. The average Bonchev–Trinajstić information content (AvgIpc) is 2.82. The Labute approximate surface area is 133 Å². The Hall–Kier alpha value is -2.41. The molecule has 0 radical (unpaired) electrons. The van der Waals surface area contributed by atoms with Crippen LogP contribution in [0.2, 0.25) is 0 Å². The number of halogens is 1. The summed E-state index contributed by atoms with van der Waals surface area (Å²) in [6, 6.07) is 3.04. The van der Waals surface area contributed by atoms with Crippen LogP contribution in [0.3, 0.4) is 0 Å². The molecule has 132 valence electrons. The predicted octanol–water partition coefficient (Wildman–Crippen LogP) is -0.341. The van der Waals surface area contributed by atoms with Gasteiger partial charge in [-0.05, 0) is 6.07 Å². The summed E-state index contributed by atoms with van der Waals surface area (Å²) in [5, 5.41) is 50.8. The number of ether oxygens (including phenoxy) is 2. The molecule has 0 saturated carbocycles. The number of hydrogen-bond acceptors (Lipinski definition) is 9. The average molecular weight is 348 g/mol. The molecule has 1 aromatic carbocycles. The van der Waals surface area contributed by atoms with Crippen molar-refractivity contribution in [3.63, 3.8) is 0 Å². The van der Waals surface area contributed by atoms with E-state index in [4.69, 9.17) is 9.47 Å². The van der Waals surface area contributed by atoms with Gasteiger partial charge < -0.3 is 24.8 Å². The zero-order chi connectivity index (χ0) is 18.0. The third-order valence-electron chi connectivity index (χ3n) is 3.39. The number of aliphatic hydroxyl groups is 3. The summed E-state index contributed by atoms with van der Waals surface area (Å²) < 4.78 is 22.5. The predicted molar refractivity (Wildman–Crippen MR) is 73.0 cm³/mol. The highest BCUT2D eigenvalue weighted by molar-refractivity contribution is 5.61. The molecule has 0 aliphatic carbocycles. The van der Waals surface area contributed by atoms with Crippen molar-refractivity contribution < 1.29 is 39.0 Å². The second kappa shape index (κ2) is 7.00. The van der Waals surface area contributed by atoms with Gasteiger partial charge in [-0.1, -0.05) is 6.07 Å². The Kier molecular flexibility index (Phi) is 5.23. The lowest BCUT2D eigenvalue weighted by atomic mass is 10.1. The number of alkyl halides is 1. The SMILES string of the molecule is O=[N+]([O-])c1cccc(O[C@@H]2O[C@@H]([C@H](O)CF)[C@H](O)[C@H]2O)c1[N+](=O)[O-]. The van der Waals surface area contributed by atoms with Gasteiger partial charge in [0.25, 0.3) is 0 Å². The lowest BCUT2D eigenvalue weighted by Gasteiger charge is -2.18. The Balaban J connectivity index is 2.30. The van der Waals surface area contributed by atoms with Crippen LogP contribution in [0.1, 0.15) is 0 Å². The maximum atomic E-state index is 12.5. The Bertz CT molecular complexity index is 643. The smallest absolute Gasteiger partial charge is 0.387 e. The van der Waals surface area contributed by atoms with Gasteiger partial charge in [-0.15, -0.1) is 0 Å². The second-order valence-corrected chi connectivity index (χ2v) is 4.93. The molecule has 1 saturated heterocycles. The number of nitro groups is 2. The van der Waals surface area contributed by atoms with E-state index >= 15 is 0 Å². The van der Waals surface area contributed by atoms with Gasteiger partial charge in [0.1, 0.15) is 31.1 Å².